The lowest BCUT2D eigenvalue weighted by Crippen LogP contribution is -2.31. The molecule has 78 valence electrons. The molecule has 1 fully saturated rings. The van der Waals surface area contributed by atoms with Crippen LogP contribution in [0.25, 0.3) is 0 Å². The highest BCUT2D eigenvalue weighted by molar-refractivity contribution is 7.99. The van der Waals surface area contributed by atoms with Gasteiger partial charge in [-0.1, -0.05) is 6.42 Å². The van der Waals surface area contributed by atoms with E-state index in [9.17, 15) is 0 Å². The van der Waals surface area contributed by atoms with Crippen LogP contribution in [0.4, 0.5) is 0 Å². The smallest absolute Gasteiger partial charge is 0.00723 e. The fourth-order valence-corrected chi connectivity index (χ4v) is 2.63. The maximum atomic E-state index is 5.43. The van der Waals surface area contributed by atoms with Crippen molar-refractivity contribution in [3.63, 3.8) is 0 Å². The Morgan fingerprint density at radius 3 is 2.54 bits per heavy atom. The molecule has 13 heavy (non-hydrogen) atoms. The van der Waals surface area contributed by atoms with Gasteiger partial charge >= 0.3 is 0 Å². The molecule has 0 bridgehead atoms. The second-order valence-corrected chi connectivity index (χ2v) is 4.88. The van der Waals surface area contributed by atoms with Gasteiger partial charge in [-0.25, -0.2) is 0 Å². The number of nitrogens with two attached hydrogens (primary N) is 1. The van der Waals surface area contributed by atoms with Crippen LogP contribution in [0, 0.1) is 0 Å². The molecular weight excluding hydrogens is 180 g/mol. The summed E-state index contributed by atoms with van der Waals surface area (Å²) in [4.78, 5) is 2.60. The average molecular weight is 202 g/mol. The highest BCUT2D eigenvalue weighted by atomic mass is 32.2. The van der Waals surface area contributed by atoms with Crippen molar-refractivity contribution >= 4 is 11.8 Å². The minimum atomic E-state index is 0.844. The highest BCUT2D eigenvalue weighted by Gasteiger charge is 2.08. The Kier molecular flexibility index (Phi) is 6.68. The minimum absolute atomic E-state index is 0.844. The molecule has 0 spiro atoms. The normalized spacial score (nSPS) is 19.2. The Bertz CT molecular complexity index is 113. The van der Waals surface area contributed by atoms with Gasteiger partial charge in [0.15, 0.2) is 0 Å². The van der Waals surface area contributed by atoms with Crippen molar-refractivity contribution in [3.8, 4) is 0 Å². The lowest BCUT2D eigenvalue weighted by Gasteiger charge is -2.26. The van der Waals surface area contributed by atoms with Gasteiger partial charge in [0, 0.05) is 12.3 Å². The van der Waals surface area contributed by atoms with Crippen LogP contribution < -0.4 is 5.73 Å². The summed E-state index contributed by atoms with van der Waals surface area (Å²) in [6, 6.07) is 0. The molecule has 0 atom stereocenters. The number of hydrogen-bond donors (Lipinski definition) is 1. The van der Waals surface area contributed by atoms with Crippen molar-refractivity contribution in [1.82, 2.24) is 4.90 Å². The molecule has 1 saturated heterocycles. The van der Waals surface area contributed by atoms with Crippen LogP contribution in [0.15, 0.2) is 0 Å². The molecule has 0 aromatic heterocycles. The van der Waals surface area contributed by atoms with E-state index in [1.165, 1.54) is 56.8 Å². The number of piperidine rings is 1. The van der Waals surface area contributed by atoms with Crippen molar-refractivity contribution < 1.29 is 0 Å². The summed E-state index contributed by atoms with van der Waals surface area (Å²) in [6.45, 7) is 4.79. The standard InChI is InChI=1S/C10H22N2S/c11-5-4-9-13-10-8-12-6-2-1-3-7-12/h1-11H2. The highest BCUT2D eigenvalue weighted by Crippen LogP contribution is 2.10. The van der Waals surface area contributed by atoms with Gasteiger partial charge in [-0.3, -0.25) is 0 Å². The molecule has 0 saturated carbocycles. The summed E-state index contributed by atoms with van der Waals surface area (Å²) >= 11 is 2.05. The molecule has 0 aromatic rings. The van der Waals surface area contributed by atoms with Crippen LogP contribution >= 0.6 is 11.8 Å². The van der Waals surface area contributed by atoms with E-state index in [0.717, 1.165) is 6.54 Å². The molecule has 0 radical (unpaired) electrons. The Labute approximate surface area is 86.2 Å². The molecule has 0 unspecified atom stereocenters. The van der Waals surface area contributed by atoms with Crippen molar-refractivity contribution in [2.45, 2.75) is 25.7 Å². The maximum Gasteiger partial charge on any atom is 0.00723 e. The molecule has 3 heteroatoms. The summed E-state index contributed by atoms with van der Waals surface area (Å²) in [5.74, 6) is 2.53. The lowest BCUT2D eigenvalue weighted by atomic mass is 10.1. The summed E-state index contributed by atoms with van der Waals surface area (Å²) < 4.78 is 0. The third kappa shape index (κ3) is 5.55. The first-order valence-corrected chi connectivity index (χ1v) is 6.59. The fourth-order valence-electron chi connectivity index (χ4n) is 1.66. The maximum absolute atomic E-state index is 5.43. The van der Waals surface area contributed by atoms with E-state index in [1.807, 2.05) is 11.8 Å². The predicted molar refractivity (Wildman–Crippen MR) is 61.3 cm³/mol. The zero-order valence-corrected chi connectivity index (χ0v) is 9.32. The van der Waals surface area contributed by atoms with E-state index in [4.69, 9.17) is 5.73 Å². The zero-order valence-electron chi connectivity index (χ0n) is 8.50. The largest absolute Gasteiger partial charge is 0.330 e. The van der Waals surface area contributed by atoms with Crippen molar-refractivity contribution in [2.75, 3.05) is 37.7 Å². The van der Waals surface area contributed by atoms with Crippen molar-refractivity contribution in [1.29, 1.82) is 0 Å². The molecule has 0 aliphatic carbocycles. The van der Waals surface area contributed by atoms with Crippen LogP contribution in [-0.2, 0) is 0 Å². The molecule has 1 rings (SSSR count). The molecule has 1 aliphatic rings. The lowest BCUT2D eigenvalue weighted by molar-refractivity contribution is 0.242. The molecule has 0 aromatic carbocycles. The molecule has 1 heterocycles. The SMILES string of the molecule is NCCCSCCN1CCCCC1. The average Bonchev–Trinajstić information content (AvgIpc) is 2.19. The van der Waals surface area contributed by atoms with Crippen LogP contribution in [0.3, 0.4) is 0 Å². The van der Waals surface area contributed by atoms with E-state index < -0.39 is 0 Å². The van der Waals surface area contributed by atoms with E-state index in [0.29, 0.717) is 0 Å². The number of likely N-dealkylation sites (tertiary alicyclic amines) is 1. The van der Waals surface area contributed by atoms with E-state index in [1.54, 1.807) is 0 Å². The predicted octanol–water partition coefficient (Wildman–Crippen LogP) is 1.55. The van der Waals surface area contributed by atoms with Crippen molar-refractivity contribution in [3.05, 3.63) is 0 Å². The first-order valence-electron chi connectivity index (χ1n) is 5.43. The van der Waals surface area contributed by atoms with Crippen LogP contribution in [0.5, 0.6) is 0 Å². The molecule has 0 amide bonds. The molecular formula is C10H22N2S. The van der Waals surface area contributed by atoms with Crippen LogP contribution in [0.1, 0.15) is 25.7 Å². The van der Waals surface area contributed by atoms with Gasteiger partial charge < -0.3 is 10.6 Å². The summed E-state index contributed by atoms with van der Waals surface area (Å²) in [5.41, 5.74) is 5.43. The zero-order chi connectivity index (χ0) is 9.36. The number of rotatable bonds is 6. The van der Waals surface area contributed by atoms with Gasteiger partial charge in [0.1, 0.15) is 0 Å². The van der Waals surface area contributed by atoms with Gasteiger partial charge in [-0.15, -0.1) is 0 Å². The Hall–Kier alpha value is 0.270. The Morgan fingerprint density at radius 1 is 1.08 bits per heavy atom. The molecule has 2 N–H and O–H groups in total. The van der Waals surface area contributed by atoms with E-state index >= 15 is 0 Å². The third-order valence-corrected chi connectivity index (χ3v) is 3.54. The quantitative estimate of drug-likeness (QED) is 0.663. The van der Waals surface area contributed by atoms with Crippen LogP contribution in [0.2, 0.25) is 0 Å². The molecule has 2 nitrogen and oxygen atoms in total. The third-order valence-electron chi connectivity index (χ3n) is 2.49. The Balaban J connectivity index is 1.86. The second-order valence-electron chi connectivity index (χ2n) is 3.66. The van der Waals surface area contributed by atoms with Gasteiger partial charge in [-0.05, 0) is 44.6 Å². The van der Waals surface area contributed by atoms with Crippen LogP contribution in [-0.4, -0.2) is 42.6 Å². The van der Waals surface area contributed by atoms with E-state index in [2.05, 4.69) is 4.90 Å². The summed E-state index contributed by atoms with van der Waals surface area (Å²) in [6.07, 6.45) is 5.43. The first-order chi connectivity index (χ1) is 6.43. The van der Waals surface area contributed by atoms with E-state index in [-0.39, 0.29) is 0 Å². The topological polar surface area (TPSA) is 29.3 Å². The summed E-state index contributed by atoms with van der Waals surface area (Å²) in [7, 11) is 0. The first kappa shape index (κ1) is 11.3. The fraction of sp³-hybridized carbons (Fsp3) is 1.00. The second kappa shape index (κ2) is 7.65. The number of hydrogen-bond acceptors (Lipinski definition) is 3. The monoisotopic (exact) mass is 202 g/mol. The molecule has 1 aliphatic heterocycles. The van der Waals surface area contributed by atoms with Gasteiger partial charge in [-0.2, -0.15) is 11.8 Å². The number of thioether (sulfide) groups is 1. The minimum Gasteiger partial charge on any atom is -0.330 e. The van der Waals surface area contributed by atoms with Gasteiger partial charge in [0.05, 0.1) is 0 Å². The summed E-state index contributed by atoms with van der Waals surface area (Å²) in [5, 5.41) is 0. The van der Waals surface area contributed by atoms with Gasteiger partial charge in [0.2, 0.25) is 0 Å². The Morgan fingerprint density at radius 2 is 1.85 bits per heavy atom. The van der Waals surface area contributed by atoms with Gasteiger partial charge in [0.25, 0.3) is 0 Å². The van der Waals surface area contributed by atoms with Crippen molar-refractivity contribution in [2.24, 2.45) is 5.73 Å². The number of nitrogens with zero attached hydrogens (tertiary/aromatic N) is 1.